The molecule has 0 radical (unpaired) electrons. The Bertz CT molecular complexity index is 1160. The number of fused-ring (bicyclic) bond motifs is 1. The number of amides is 3. The third kappa shape index (κ3) is 3.56. The normalized spacial score (nSPS) is 20.4. The number of urea groups is 1. The molecule has 3 amide bonds. The molecular weight excluding hydrogens is 392 g/mol. The molecular formula is C25H28N2O4. The van der Waals surface area contributed by atoms with Crippen molar-refractivity contribution in [2.75, 3.05) is 0 Å². The van der Waals surface area contributed by atoms with Gasteiger partial charge in [-0.2, -0.15) is 0 Å². The number of aromatic hydroxyl groups is 2. The molecule has 6 heteroatoms. The van der Waals surface area contributed by atoms with E-state index in [1.54, 1.807) is 6.07 Å². The number of imide groups is 1. The zero-order valence-electron chi connectivity index (χ0n) is 18.5. The van der Waals surface area contributed by atoms with Crippen LogP contribution < -0.4 is 10.6 Å². The molecule has 4 N–H and O–H groups in total. The monoisotopic (exact) mass is 420 g/mol. The minimum atomic E-state index is -0.606. The molecule has 1 fully saturated rings. The Labute approximate surface area is 182 Å². The quantitative estimate of drug-likeness (QED) is 0.421. The average Bonchev–Trinajstić information content (AvgIpc) is 2.98. The molecule has 4 rings (SSSR count). The Morgan fingerprint density at radius 3 is 2.03 bits per heavy atom. The van der Waals surface area contributed by atoms with Crippen molar-refractivity contribution in [3.63, 3.8) is 0 Å². The van der Waals surface area contributed by atoms with Crippen molar-refractivity contribution in [1.29, 1.82) is 0 Å². The van der Waals surface area contributed by atoms with Crippen LogP contribution in [0.5, 0.6) is 11.5 Å². The molecule has 2 aromatic carbocycles. The van der Waals surface area contributed by atoms with Crippen molar-refractivity contribution in [3.8, 4) is 22.6 Å². The lowest BCUT2D eigenvalue weighted by Gasteiger charge is -2.42. The summed E-state index contributed by atoms with van der Waals surface area (Å²) in [5.74, 6) is -0.789. The van der Waals surface area contributed by atoms with Crippen LogP contribution in [0.1, 0.15) is 62.8 Å². The number of aryl methyl sites for hydroxylation is 1. The van der Waals surface area contributed by atoms with Crippen molar-refractivity contribution in [2.24, 2.45) is 0 Å². The molecule has 0 unspecified atom stereocenters. The van der Waals surface area contributed by atoms with Crippen molar-refractivity contribution < 1.29 is 19.8 Å². The molecule has 1 saturated heterocycles. The number of rotatable bonds is 2. The first-order valence-corrected chi connectivity index (χ1v) is 10.4. The molecule has 0 atom stereocenters. The summed E-state index contributed by atoms with van der Waals surface area (Å²) in [5.41, 5.74) is 5.52. The standard InChI is InChI=1S/C25H28N2O4/c1-13-8-17-18(25(4,5)7-6-24(17,2)3)11-15(13)16-9-14(20(28)12-21(16)29)10-19-22(30)27-23(31)26-19/h8-12,28-29H,6-7H2,1-5H3,(H2,26,27,30,31). The molecule has 2 aliphatic rings. The molecule has 0 aromatic heterocycles. The number of hydrogen-bond acceptors (Lipinski definition) is 4. The van der Waals surface area contributed by atoms with E-state index in [9.17, 15) is 19.8 Å². The first-order chi connectivity index (χ1) is 14.4. The van der Waals surface area contributed by atoms with Gasteiger partial charge >= 0.3 is 6.03 Å². The van der Waals surface area contributed by atoms with Crippen LogP contribution in [-0.2, 0) is 15.6 Å². The van der Waals surface area contributed by atoms with E-state index in [1.807, 2.05) is 6.92 Å². The fourth-order valence-corrected chi connectivity index (χ4v) is 4.58. The molecule has 162 valence electrons. The van der Waals surface area contributed by atoms with Crippen molar-refractivity contribution in [2.45, 2.75) is 58.3 Å². The number of hydrogen-bond donors (Lipinski definition) is 4. The van der Waals surface area contributed by atoms with Crippen molar-refractivity contribution in [1.82, 2.24) is 10.6 Å². The second kappa shape index (κ2) is 6.87. The van der Waals surface area contributed by atoms with Crippen LogP contribution in [0.25, 0.3) is 17.2 Å². The molecule has 0 spiro atoms. The maximum Gasteiger partial charge on any atom is 0.326 e. The highest BCUT2D eigenvalue weighted by Crippen LogP contribution is 2.48. The SMILES string of the molecule is Cc1cc2c(cc1-c1cc(C=C3NC(=O)NC3=O)c(O)cc1O)C(C)(C)CCC2(C)C. The van der Waals surface area contributed by atoms with Crippen molar-refractivity contribution >= 4 is 18.0 Å². The summed E-state index contributed by atoms with van der Waals surface area (Å²) in [6.07, 6.45) is 3.59. The highest BCUT2D eigenvalue weighted by Gasteiger charge is 2.37. The Morgan fingerprint density at radius 2 is 1.45 bits per heavy atom. The number of phenols is 2. The summed E-state index contributed by atoms with van der Waals surface area (Å²) in [7, 11) is 0. The number of phenolic OH excluding ortho intramolecular Hbond substituents is 2. The van der Waals surface area contributed by atoms with E-state index in [1.165, 1.54) is 23.3 Å². The predicted molar refractivity (Wildman–Crippen MR) is 120 cm³/mol. The van der Waals surface area contributed by atoms with Crippen LogP contribution >= 0.6 is 0 Å². The summed E-state index contributed by atoms with van der Waals surface area (Å²) in [6, 6.07) is 6.67. The second-order valence-electron chi connectivity index (χ2n) is 9.87. The highest BCUT2D eigenvalue weighted by atomic mass is 16.3. The molecule has 1 heterocycles. The fourth-order valence-electron chi connectivity index (χ4n) is 4.58. The van der Waals surface area contributed by atoms with Crippen LogP contribution in [0, 0.1) is 6.92 Å². The summed E-state index contributed by atoms with van der Waals surface area (Å²) in [5, 5.41) is 25.5. The fraction of sp³-hybridized carbons (Fsp3) is 0.360. The summed E-state index contributed by atoms with van der Waals surface area (Å²) in [6.45, 7) is 11.0. The molecule has 0 bridgehead atoms. The highest BCUT2D eigenvalue weighted by molar-refractivity contribution is 6.14. The van der Waals surface area contributed by atoms with Gasteiger partial charge in [0.25, 0.3) is 5.91 Å². The molecule has 31 heavy (non-hydrogen) atoms. The Balaban J connectivity index is 1.88. The van der Waals surface area contributed by atoms with Crippen molar-refractivity contribution in [3.05, 3.63) is 52.2 Å². The zero-order chi connectivity index (χ0) is 22.7. The molecule has 2 aromatic rings. The van der Waals surface area contributed by atoms with E-state index in [-0.39, 0.29) is 28.0 Å². The van der Waals surface area contributed by atoms with Gasteiger partial charge in [-0.3, -0.25) is 10.1 Å². The van der Waals surface area contributed by atoms with E-state index in [4.69, 9.17) is 0 Å². The number of carbonyl (C=O) groups is 2. The van der Waals surface area contributed by atoms with Gasteiger partial charge in [-0.25, -0.2) is 4.79 Å². The summed E-state index contributed by atoms with van der Waals surface area (Å²) >= 11 is 0. The third-order valence-electron chi connectivity index (χ3n) is 6.65. The first kappa shape index (κ1) is 21.0. The largest absolute Gasteiger partial charge is 0.507 e. The van der Waals surface area contributed by atoms with Gasteiger partial charge in [0, 0.05) is 17.2 Å². The van der Waals surface area contributed by atoms with Gasteiger partial charge in [-0.1, -0.05) is 33.8 Å². The van der Waals surface area contributed by atoms with Crippen LogP contribution in [0.2, 0.25) is 0 Å². The average molecular weight is 421 g/mol. The maximum absolute atomic E-state index is 11.9. The minimum absolute atomic E-state index is 0.0108. The lowest BCUT2D eigenvalue weighted by molar-refractivity contribution is -0.115. The Hall–Kier alpha value is -3.28. The predicted octanol–water partition coefficient (Wildman–Crippen LogP) is 4.60. The lowest BCUT2D eigenvalue weighted by Crippen LogP contribution is -2.34. The lowest BCUT2D eigenvalue weighted by atomic mass is 9.62. The van der Waals surface area contributed by atoms with Crippen LogP contribution in [0.3, 0.4) is 0 Å². The van der Waals surface area contributed by atoms with E-state index in [0.29, 0.717) is 11.1 Å². The number of benzene rings is 2. The molecule has 0 saturated carbocycles. The summed E-state index contributed by atoms with van der Waals surface area (Å²) < 4.78 is 0. The van der Waals surface area contributed by atoms with E-state index in [0.717, 1.165) is 24.0 Å². The van der Waals surface area contributed by atoms with Crippen LogP contribution in [0.15, 0.2) is 30.0 Å². The topological polar surface area (TPSA) is 98.7 Å². The number of nitrogens with one attached hydrogen (secondary N) is 2. The molecule has 1 aliphatic carbocycles. The van der Waals surface area contributed by atoms with Gasteiger partial charge in [-0.05, 0) is 71.1 Å². The first-order valence-electron chi connectivity index (χ1n) is 10.4. The summed E-state index contributed by atoms with van der Waals surface area (Å²) in [4.78, 5) is 23.3. The second-order valence-corrected chi connectivity index (χ2v) is 9.87. The van der Waals surface area contributed by atoms with E-state index in [2.05, 4.69) is 50.5 Å². The maximum atomic E-state index is 11.9. The van der Waals surface area contributed by atoms with Gasteiger partial charge in [0.1, 0.15) is 17.2 Å². The van der Waals surface area contributed by atoms with Gasteiger partial charge < -0.3 is 15.5 Å². The molecule has 1 aliphatic heterocycles. The van der Waals surface area contributed by atoms with E-state index >= 15 is 0 Å². The zero-order valence-corrected chi connectivity index (χ0v) is 18.5. The van der Waals surface area contributed by atoms with Gasteiger partial charge in [0.15, 0.2) is 0 Å². The van der Waals surface area contributed by atoms with Crippen LogP contribution in [-0.4, -0.2) is 22.2 Å². The minimum Gasteiger partial charge on any atom is -0.507 e. The third-order valence-corrected chi connectivity index (χ3v) is 6.65. The number of carbonyl (C=O) groups excluding carboxylic acids is 2. The van der Waals surface area contributed by atoms with Gasteiger partial charge in [-0.15, -0.1) is 0 Å². The van der Waals surface area contributed by atoms with Gasteiger partial charge in [0.05, 0.1) is 0 Å². The van der Waals surface area contributed by atoms with Gasteiger partial charge in [0.2, 0.25) is 0 Å². The van der Waals surface area contributed by atoms with Crippen LogP contribution in [0.4, 0.5) is 4.79 Å². The smallest absolute Gasteiger partial charge is 0.326 e. The Kier molecular flexibility index (Phi) is 4.65. The molecule has 6 nitrogen and oxygen atoms in total. The Morgan fingerprint density at radius 1 is 0.839 bits per heavy atom. The van der Waals surface area contributed by atoms with E-state index < -0.39 is 11.9 Å².